The number of amides is 1. The van der Waals surface area contributed by atoms with Crippen molar-refractivity contribution in [2.24, 2.45) is 0 Å². The Balaban J connectivity index is 2.70. The number of nitrogens with zero attached hydrogens (tertiary/aromatic N) is 1. The first-order valence-electron chi connectivity index (χ1n) is 5.86. The number of nitrogens with one attached hydrogen (secondary N) is 1. The minimum absolute atomic E-state index is 0.114. The summed E-state index contributed by atoms with van der Waals surface area (Å²) in [5.74, 6) is 0.663. The van der Waals surface area contributed by atoms with E-state index < -0.39 is 0 Å². The third kappa shape index (κ3) is 3.77. The quantitative estimate of drug-likeness (QED) is 0.866. The molecule has 1 aromatic carbocycles. The van der Waals surface area contributed by atoms with E-state index in [9.17, 15) is 4.79 Å². The summed E-state index contributed by atoms with van der Waals surface area (Å²) in [4.78, 5) is 11.4. The molecule has 0 spiro atoms. The molecule has 0 fully saturated rings. The average Bonchev–Trinajstić information content (AvgIpc) is 2.37. The zero-order valence-electron chi connectivity index (χ0n) is 11.0. The smallest absolute Gasteiger partial charge is 0.221 e. The van der Waals surface area contributed by atoms with Crippen LogP contribution in [0.5, 0.6) is 5.75 Å². The van der Waals surface area contributed by atoms with Crippen LogP contribution in [0.3, 0.4) is 0 Å². The molecule has 0 aliphatic heterocycles. The Bertz CT molecular complexity index is 475. The molecule has 0 saturated carbocycles. The van der Waals surface area contributed by atoms with Crippen LogP contribution in [-0.2, 0) is 11.3 Å². The second-order valence-corrected chi connectivity index (χ2v) is 4.18. The van der Waals surface area contributed by atoms with Crippen molar-refractivity contribution in [2.45, 2.75) is 33.2 Å². The van der Waals surface area contributed by atoms with Crippen LogP contribution in [0.1, 0.15) is 29.5 Å². The van der Waals surface area contributed by atoms with Crippen LogP contribution in [-0.4, -0.2) is 13.0 Å². The zero-order valence-corrected chi connectivity index (χ0v) is 11.0. The van der Waals surface area contributed by atoms with E-state index in [1.54, 1.807) is 7.11 Å². The van der Waals surface area contributed by atoms with Gasteiger partial charge in [0.25, 0.3) is 0 Å². The van der Waals surface area contributed by atoms with Gasteiger partial charge < -0.3 is 10.1 Å². The van der Waals surface area contributed by atoms with Crippen LogP contribution >= 0.6 is 0 Å². The highest BCUT2D eigenvalue weighted by Gasteiger charge is 2.07. The fraction of sp³-hybridized carbons (Fsp3) is 0.429. The molecule has 0 bridgehead atoms. The van der Waals surface area contributed by atoms with Gasteiger partial charge >= 0.3 is 0 Å². The van der Waals surface area contributed by atoms with Gasteiger partial charge in [-0.05, 0) is 31.0 Å². The van der Waals surface area contributed by atoms with Crippen molar-refractivity contribution in [3.63, 3.8) is 0 Å². The Morgan fingerprint density at radius 2 is 2.06 bits per heavy atom. The molecular weight excluding hydrogens is 228 g/mol. The van der Waals surface area contributed by atoms with Crippen molar-refractivity contribution >= 4 is 5.91 Å². The van der Waals surface area contributed by atoms with Gasteiger partial charge in [0.15, 0.2) is 0 Å². The van der Waals surface area contributed by atoms with E-state index in [4.69, 9.17) is 10.00 Å². The van der Waals surface area contributed by atoms with E-state index >= 15 is 0 Å². The molecular formula is C14H18N2O2. The van der Waals surface area contributed by atoms with E-state index in [-0.39, 0.29) is 18.7 Å². The maximum absolute atomic E-state index is 11.4. The Kier molecular flexibility index (Phi) is 5.19. The highest BCUT2D eigenvalue weighted by atomic mass is 16.5. The number of nitriles is 1. The molecule has 18 heavy (non-hydrogen) atoms. The Morgan fingerprint density at radius 3 is 2.67 bits per heavy atom. The monoisotopic (exact) mass is 246 g/mol. The van der Waals surface area contributed by atoms with Crippen molar-refractivity contribution in [3.05, 3.63) is 28.8 Å². The molecule has 1 N–H and O–H groups in total. The van der Waals surface area contributed by atoms with Crippen LogP contribution in [0.4, 0.5) is 0 Å². The SMILES string of the molecule is COc1cc(C)c(C)cc1CNC(=O)CCC#N. The molecule has 1 rings (SSSR count). The molecule has 1 aromatic rings. The van der Waals surface area contributed by atoms with E-state index in [0.29, 0.717) is 6.54 Å². The van der Waals surface area contributed by atoms with Gasteiger partial charge in [0.05, 0.1) is 13.2 Å². The Hall–Kier alpha value is -2.02. The first-order valence-corrected chi connectivity index (χ1v) is 5.86. The second kappa shape index (κ2) is 6.65. The predicted molar refractivity (Wildman–Crippen MR) is 69.2 cm³/mol. The third-order valence-electron chi connectivity index (χ3n) is 2.84. The molecule has 4 heteroatoms. The molecule has 0 aliphatic rings. The first-order chi connectivity index (χ1) is 8.58. The molecule has 1 amide bonds. The topological polar surface area (TPSA) is 62.1 Å². The first kappa shape index (κ1) is 14.0. The van der Waals surface area contributed by atoms with Gasteiger partial charge in [-0.15, -0.1) is 0 Å². The van der Waals surface area contributed by atoms with Gasteiger partial charge in [-0.3, -0.25) is 4.79 Å². The number of benzene rings is 1. The van der Waals surface area contributed by atoms with Crippen LogP contribution in [0, 0.1) is 25.2 Å². The lowest BCUT2D eigenvalue weighted by Crippen LogP contribution is -2.22. The molecule has 4 nitrogen and oxygen atoms in total. The van der Waals surface area contributed by atoms with Crippen LogP contribution in [0.2, 0.25) is 0 Å². The number of methoxy groups -OCH3 is 1. The molecule has 0 heterocycles. The number of carbonyl (C=O) groups is 1. The summed E-state index contributed by atoms with van der Waals surface area (Å²) in [6, 6.07) is 5.93. The fourth-order valence-electron chi connectivity index (χ4n) is 1.63. The van der Waals surface area contributed by atoms with Gasteiger partial charge in [0.1, 0.15) is 5.75 Å². The van der Waals surface area contributed by atoms with Crippen LogP contribution < -0.4 is 10.1 Å². The summed E-state index contributed by atoms with van der Waals surface area (Å²) in [5, 5.41) is 11.2. The third-order valence-corrected chi connectivity index (χ3v) is 2.84. The molecule has 96 valence electrons. The number of aryl methyl sites for hydroxylation is 2. The molecule has 0 atom stereocenters. The fourth-order valence-corrected chi connectivity index (χ4v) is 1.63. The normalized spacial score (nSPS) is 9.67. The predicted octanol–water partition coefficient (Wildman–Crippen LogP) is 2.23. The number of hydrogen-bond donors (Lipinski definition) is 1. The van der Waals surface area contributed by atoms with Gasteiger partial charge in [0, 0.05) is 24.9 Å². The van der Waals surface area contributed by atoms with Crippen molar-refractivity contribution in [2.75, 3.05) is 7.11 Å². The van der Waals surface area contributed by atoms with Gasteiger partial charge in [-0.1, -0.05) is 6.07 Å². The van der Waals surface area contributed by atoms with Gasteiger partial charge in [-0.25, -0.2) is 0 Å². The number of carbonyl (C=O) groups excluding carboxylic acids is 1. The largest absolute Gasteiger partial charge is 0.496 e. The summed E-state index contributed by atoms with van der Waals surface area (Å²) in [5.41, 5.74) is 3.27. The number of ether oxygens (including phenoxy) is 1. The van der Waals surface area contributed by atoms with Crippen molar-refractivity contribution in [1.82, 2.24) is 5.32 Å². The Morgan fingerprint density at radius 1 is 1.39 bits per heavy atom. The lowest BCUT2D eigenvalue weighted by atomic mass is 10.0. The lowest BCUT2D eigenvalue weighted by molar-refractivity contribution is -0.121. The van der Waals surface area contributed by atoms with Crippen LogP contribution in [0.25, 0.3) is 0 Å². The van der Waals surface area contributed by atoms with Crippen molar-refractivity contribution in [3.8, 4) is 11.8 Å². The maximum atomic E-state index is 11.4. The van der Waals surface area contributed by atoms with Crippen molar-refractivity contribution in [1.29, 1.82) is 5.26 Å². The van der Waals surface area contributed by atoms with E-state index in [1.165, 1.54) is 0 Å². The van der Waals surface area contributed by atoms with Crippen LogP contribution in [0.15, 0.2) is 12.1 Å². The maximum Gasteiger partial charge on any atom is 0.221 e. The van der Waals surface area contributed by atoms with E-state index in [1.807, 2.05) is 32.0 Å². The number of hydrogen-bond acceptors (Lipinski definition) is 3. The summed E-state index contributed by atoms with van der Waals surface area (Å²) < 4.78 is 5.29. The number of rotatable bonds is 5. The highest BCUT2D eigenvalue weighted by molar-refractivity contribution is 5.76. The van der Waals surface area contributed by atoms with Crippen molar-refractivity contribution < 1.29 is 9.53 Å². The minimum Gasteiger partial charge on any atom is -0.496 e. The Labute approximate surface area is 108 Å². The summed E-state index contributed by atoms with van der Waals surface area (Å²) in [7, 11) is 1.62. The molecule has 0 saturated heterocycles. The van der Waals surface area contributed by atoms with Gasteiger partial charge in [0.2, 0.25) is 5.91 Å². The standard InChI is InChI=1S/C14H18N2O2/c1-10-7-12(13(18-3)8-11(10)2)9-16-14(17)5-4-6-15/h7-8H,4-5,9H2,1-3H3,(H,16,17). The van der Waals surface area contributed by atoms with E-state index in [0.717, 1.165) is 22.4 Å². The average molecular weight is 246 g/mol. The summed E-state index contributed by atoms with van der Waals surface area (Å²) in [6.07, 6.45) is 0.486. The minimum atomic E-state index is -0.114. The second-order valence-electron chi connectivity index (χ2n) is 4.18. The summed E-state index contributed by atoms with van der Waals surface area (Å²) >= 11 is 0. The lowest BCUT2D eigenvalue weighted by Gasteiger charge is -2.12. The van der Waals surface area contributed by atoms with Gasteiger partial charge in [-0.2, -0.15) is 5.26 Å². The molecule has 0 radical (unpaired) electrons. The molecule has 0 aliphatic carbocycles. The van der Waals surface area contributed by atoms with E-state index in [2.05, 4.69) is 5.32 Å². The zero-order chi connectivity index (χ0) is 13.5. The summed E-state index contributed by atoms with van der Waals surface area (Å²) in [6.45, 7) is 4.47. The molecule has 0 aromatic heterocycles. The highest BCUT2D eigenvalue weighted by Crippen LogP contribution is 2.22. The molecule has 0 unspecified atom stereocenters.